The van der Waals surface area contributed by atoms with Gasteiger partial charge in [0.1, 0.15) is 0 Å². The first-order valence-electron chi connectivity index (χ1n) is 6.50. The molecule has 0 aliphatic heterocycles. The van der Waals surface area contributed by atoms with Crippen LogP contribution in [0.5, 0.6) is 0 Å². The number of rotatable bonds is 3. The van der Waals surface area contributed by atoms with E-state index in [0.717, 1.165) is 29.3 Å². The molecule has 4 nitrogen and oxygen atoms in total. The van der Waals surface area contributed by atoms with Crippen LogP contribution in [0.4, 0.5) is 0 Å². The molecule has 0 atom stereocenters. The standard InChI is InChI=1S/C15H14ClNO3/c1-20-14(18)6-10-8-17(15(19)9-2-3-9)13-7-11(16)4-5-12(10)13/h4-5,7-9H,2-3,6H2,1H3. The van der Waals surface area contributed by atoms with Crippen molar-refractivity contribution in [3.63, 3.8) is 0 Å². The molecule has 3 rings (SSSR count). The summed E-state index contributed by atoms with van der Waals surface area (Å²) in [6.07, 6.45) is 3.76. The smallest absolute Gasteiger partial charge is 0.310 e. The van der Waals surface area contributed by atoms with E-state index in [0.29, 0.717) is 5.02 Å². The molecule has 20 heavy (non-hydrogen) atoms. The summed E-state index contributed by atoms with van der Waals surface area (Å²) in [5, 5.41) is 1.44. The molecule has 1 aromatic carbocycles. The summed E-state index contributed by atoms with van der Waals surface area (Å²) in [6, 6.07) is 5.36. The first-order valence-corrected chi connectivity index (χ1v) is 6.88. The summed E-state index contributed by atoms with van der Waals surface area (Å²) in [7, 11) is 1.35. The lowest BCUT2D eigenvalue weighted by atomic mass is 10.1. The average Bonchev–Trinajstić information content (AvgIpc) is 3.22. The van der Waals surface area contributed by atoms with E-state index in [1.54, 1.807) is 22.9 Å². The zero-order chi connectivity index (χ0) is 14.3. The fourth-order valence-corrected chi connectivity index (χ4v) is 2.51. The summed E-state index contributed by atoms with van der Waals surface area (Å²) in [5.41, 5.74) is 1.55. The zero-order valence-electron chi connectivity index (χ0n) is 11.1. The van der Waals surface area contributed by atoms with Crippen LogP contribution in [0.1, 0.15) is 23.2 Å². The third-order valence-corrected chi connectivity index (χ3v) is 3.81. The van der Waals surface area contributed by atoms with Crippen LogP contribution >= 0.6 is 11.6 Å². The highest BCUT2D eigenvalue weighted by molar-refractivity contribution is 6.31. The second kappa shape index (κ2) is 4.94. The van der Waals surface area contributed by atoms with Crippen LogP contribution in [0.25, 0.3) is 10.9 Å². The molecule has 1 aliphatic rings. The molecule has 0 amide bonds. The van der Waals surface area contributed by atoms with E-state index in [9.17, 15) is 9.59 Å². The van der Waals surface area contributed by atoms with Crippen LogP contribution in [0.15, 0.2) is 24.4 Å². The van der Waals surface area contributed by atoms with Gasteiger partial charge in [-0.1, -0.05) is 17.7 Å². The van der Waals surface area contributed by atoms with Gasteiger partial charge in [0.2, 0.25) is 5.91 Å². The minimum absolute atomic E-state index is 0.0772. The molecule has 1 fully saturated rings. The molecule has 0 N–H and O–H groups in total. The van der Waals surface area contributed by atoms with E-state index in [1.807, 2.05) is 6.07 Å². The topological polar surface area (TPSA) is 48.3 Å². The second-order valence-electron chi connectivity index (χ2n) is 5.05. The molecule has 1 heterocycles. The van der Waals surface area contributed by atoms with Gasteiger partial charge < -0.3 is 4.74 Å². The van der Waals surface area contributed by atoms with Crippen LogP contribution in [0.3, 0.4) is 0 Å². The van der Waals surface area contributed by atoms with Crippen molar-refractivity contribution >= 4 is 34.4 Å². The Balaban J connectivity index is 2.11. The van der Waals surface area contributed by atoms with Crippen LogP contribution < -0.4 is 0 Å². The third-order valence-electron chi connectivity index (χ3n) is 3.58. The highest BCUT2D eigenvalue weighted by Crippen LogP contribution is 2.33. The molecule has 2 aromatic rings. The molecule has 0 spiro atoms. The second-order valence-corrected chi connectivity index (χ2v) is 5.49. The quantitative estimate of drug-likeness (QED) is 0.817. The van der Waals surface area contributed by atoms with Gasteiger partial charge in [-0.2, -0.15) is 0 Å². The van der Waals surface area contributed by atoms with Crippen molar-refractivity contribution in [3.05, 3.63) is 35.0 Å². The maximum absolute atomic E-state index is 12.3. The van der Waals surface area contributed by atoms with E-state index in [-0.39, 0.29) is 24.2 Å². The lowest BCUT2D eigenvalue weighted by Crippen LogP contribution is -2.11. The molecule has 104 valence electrons. The monoisotopic (exact) mass is 291 g/mol. The average molecular weight is 292 g/mol. The highest BCUT2D eigenvalue weighted by Gasteiger charge is 2.32. The van der Waals surface area contributed by atoms with Gasteiger partial charge in [0.25, 0.3) is 0 Å². The summed E-state index contributed by atoms with van der Waals surface area (Å²) in [6.45, 7) is 0. The summed E-state index contributed by atoms with van der Waals surface area (Å²) < 4.78 is 6.32. The Bertz CT molecular complexity index is 700. The molecule has 0 saturated heterocycles. The van der Waals surface area contributed by atoms with Gasteiger partial charge in [0.05, 0.1) is 19.0 Å². The van der Waals surface area contributed by atoms with Gasteiger partial charge in [-0.3, -0.25) is 14.2 Å². The van der Waals surface area contributed by atoms with E-state index < -0.39 is 0 Å². The van der Waals surface area contributed by atoms with Crippen molar-refractivity contribution in [1.29, 1.82) is 0 Å². The molecule has 0 bridgehead atoms. The van der Waals surface area contributed by atoms with Crippen molar-refractivity contribution in [2.45, 2.75) is 19.3 Å². The summed E-state index contributed by atoms with van der Waals surface area (Å²) >= 11 is 6.02. The van der Waals surface area contributed by atoms with E-state index in [2.05, 4.69) is 0 Å². The maximum atomic E-state index is 12.3. The van der Waals surface area contributed by atoms with Gasteiger partial charge in [-0.25, -0.2) is 0 Å². The third kappa shape index (κ3) is 2.31. The van der Waals surface area contributed by atoms with Crippen molar-refractivity contribution in [1.82, 2.24) is 4.57 Å². The molecule has 0 unspecified atom stereocenters. The number of aromatic nitrogens is 1. The largest absolute Gasteiger partial charge is 0.469 e. The van der Waals surface area contributed by atoms with Crippen LogP contribution in [-0.4, -0.2) is 23.6 Å². The Morgan fingerprint density at radius 3 is 2.80 bits per heavy atom. The van der Waals surface area contributed by atoms with E-state index in [1.165, 1.54) is 7.11 Å². The fraction of sp³-hybridized carbons (Fsp3) is 0.333. The molecule has 1 aliphatic carbocycles. The van der Waals surface area contributed by atoms with Crippen LogP contribution in [0, 0.1) is 5.92 Å². The Kier molecular flexibility index (Phi) is 3.26. The van der Waals surface area contributed by atoms with Gasteiger partial charge >= 0.3 is 5.97 Å². The lowest BCUT2D eigenvalue weighted by Gasteiger charge is -2.02. The molecule has 1 saturated carbocycles. The van der Waals surface area contributed by atoms with Gasteiger partial charge in [-0.15, -0.1) is 0 Å². The SMILES string of the molecule is COC(=O)Cc1cn(C(=O)C2CC2)c2cc(Cl)ccc12. The number of carbonyl (C=O) groups is 2. The first kappa shape index (κ1) is 13.2. The minimum Gasteiger partial charge on any atom is -0.469 e. The number of methoxy groups -OCH3 is 1. The number of hydrogen-bond donors (Lipinski definition) is 0. The number of hydrogen-bond acceptors (Lipinski definition) is 3. The zero-order valence-corrected chi connectivity index (χ0v) is 11.8. The van der Waals surface area contributed by atoms with Crippen LogP contribution in [0.2, 0.25) is 5.02 Å². The normalized spacial score (nSPS) is 14.5. The van der Waals surface area contributed by atoms with E-state index >= 15 is 0 Å². The number of benzene rings is 1. The number of fused-ring (bicyclic) bond motifs is 1. The molecule has 0 radical (unpaired) electrons. The Hall–Kier alpha value is -1.81. The Morgan fingerprint density at radius 2 is 2.15 bits per heavy atom. The Labute approximate surface area is 121 Å². The number of ether oxygens (including phenoxy) is 1. The van der Waals surface area contributed by atoms with Crippen molar-refractivity contribution in [3.8, 4) is 0 Å². The van der Waals surface area contributed by atoms with Gasteiger partial charge in [0, 0.05) is 22.5 Å². The highest BCUT2D eigenvalue weighted by atomic mass is 35.5. The van der Waals surface area contributed by atoms with Crippen LogP contribution in [-0.2, 0) is 16.0 Å². The predicted molar refractivity (Wildman–Crippen MR) is 76.0 cm³/mol. The summed E-state index contributed by atoms with van der Waals surface area (Å²) in [4.78, 5) is 23.8. The lowest BCUT2D eigenvalue weighted by molar-refractivity contribution is -0.139. The molecule has 1 aromatic heterocycles. The van der Waals surface area contributed by atoms with E-state index in [4.69, 9.17) is 16.3 Å². The predicted octanol–water partition coefficient (Wildman–Crippen LogP) is 3.06. The number of nitrogens with zero attached hydrogens (tertiary/aromatic N) is 1. The molecular weight excluding hydrogens is 278 g/mol. The van der Waals surface area contributed by atoms with Crippen molar-refractivity contribution in [2.75, 3.05) is 7.11 Å². The van der Waals surface area contributed by atoms with Gasteiger partial charge in [-0.05, 0) is 30.5 Å². The Morgan fingerprint density at radius 1 is 1.40 bits per heavy atom. The fourth-order valence-electron chi connectivity index (χ4n) is 2.35. The summed E-state index contributed by atoms with van der Waals surface area (Å²) in [5.74, 6) is -0.137. The van der Waals surface area contributed by atoms with Gasteiger partial charge in [0.15, 0.2) is 0 Å². The number of carbonyl (C=O) groups excluding carboxylic acids is 2. The van der Waals surface area contributed by atoms with Crippen molar-refractivity contribution in [2.24, 2.45) is 5.92 Å². The molecular formula is C15H14ClNO3. The number of halogens is 1. The maximum Gasteiger partial charge on any atom is 0.310 e. The number of esters is 1. The molecule has 5 heteroatoms. The van der Waals surface area contributed by atoms with Crippen molar-refractivity contribution < 1.29 is 14.3 Å². The minimum atomic E-state index is -0.321. The first-order chi connectivity index (χ1) is 9.60.